The fourth-order valence-corrected chi connectivity index (χ4v) is 5.39. The van der Waals surface area contributed by atoms with E-state index < -0.39 is 14.9 Å². The molecule has 0 saturated carbocycles. The molecule has 0 aliphatic carbocycles. The average molecular weight is 410 g/mol. The quantitative estimate of drug-likeness (QED) is 0.569. The molecule has 1 atom stereocenters. The summed E-state index contributed by atoms with van der Waals surface area (Å²) in [5, 5.41) is 16.6. The number of nitro benzene ring substituents is 1. The number of nitrogens with zero attached hydrogens (tertiary/aromatic N) is 2. The number of rotatable bonds is 6. The van der Waals surface area contributed by atoms with Gasteiger partial charge in [0.1, 0.15) is 5.69 Å². The highest BCUT2D eigenvalue weighted by atomic mass is 32.2. The Bertz CT molecular complexity index is 905. The largest absolute Gasteiger partial charge is 0.372 e. The third kappa shape index (κ3) is 4.31. The number of hydrogen-bond donors (Lipinski definition) is 1. The molecule has 1 aromatic heterocycles. The molecule has 0 amide bonds. The number of nitro groups is 1. The highest BCUT2D eigenvalue weighted by Crippen LogP contribution is 2.33. The standard InChI is InChI=1S/C18H23N3O4S2/c1-13-7-9-20(10-8-13)27(24,25)15-5-6-16(17(12-15)21(22)23)19-14(2)18-4-3-11-26-18/h3-6,11-14,19H,7-10H2,1-2H3/t14-/m1/s1. The van der Waals surface area contributed by atoms with Crippen molar-refractivity contribution in [3.05, 3.63) is 50.7 Å². The van der Waals surface area contributed by atoms with Gasteiger partial charge < -0.3 is 5.32 Å². The molecule has 0 unspecified atom stereocenters. The molecule has 146 valence electrons. The molecule has 0 radical (unpaired) electrons. The molecule has 1 aliphatic rings. The third-order valence-electron chi connectivity index (χ3n) is 4.89. The number of piperidine rings is 1. The van der Waals surface area contributed by atoms with E-state index in [0.717, 1.165) is 23.8 Å². The first-order chi connectivity index (χ1) is 12.8. The number of thiophene rings is 1. The van der Waals surface area contributed by atoms with Crippen molar-refractivity contribution in [3.8, 4) is 0 Å². The second-order valence-corrected chi connectivity index (χ2v) is 9.82. The Morgan fingerprint density at radius 2 is 2.00 bits per heavy atom. The monoisotopic (exact) mass is 409 g/mol. The minimum Gasteiger partial charge on any atom is -0.372 e. The summed E-state index contributed by atoms with van der Waals surface area (Å²) in [5.41, 5.74) is 0.0805. The van der Waals surface area contributed by atoms with Crippen molar-refractivity contribution in [1.29, 1.82) is 0 Å². The van der Waals surface area contributed by atoms with Gasteiger partial charge in [0.2, 0.25) is 10.0 Å². The molecule has 7 nitrogen and oxygen atoms in total. The van der Waals surface area contributed by atoms with E-state index in [0.29, 0.717) is 24.7 Å². The highest BCUT2D eigenvalue weighted by Gasteiger charge is 2.30. The van der Waals surface area contributed by atoms with Crippen LogP contribution in [0.2, 0.25) is 0 Å². The van der Waals surface area contributed by atoms with Gasteiger partial charge in [-0.3, -0.25) is 10.1 Å². The minimum atomic E-state index is -3.73. The molecule has 1 N–H and O–H groups in total. The number of nitrogens with one attached hydrogen (secondary N) is 1. The summed E-state index contributed by atoms with van der Waals surface area (Å²) in [7, 11) is -3.73. The fourth-order valence-electron chi connectivity index (χ4n) is 3.16. The lowest BCUT2D eigenvalue weighted by molar-refractivity contribution is -0.384. The van der Waals surface area contributed by atoms with Crippen LogP contribution in [0.3, 0.4) is 0 Å². The van der Waals surface area contributed by atoms with Crippen LogP contribution in [0.15, 0.2) is 40.6 Å². The van der Waals surface area contributed by atoms with Crippen molar-refractivity contribution >= 4 is 32.7 Å². The van der Waals surface area contributed by atoms with Crippen molar-refractivity contribution in [3.63, 3.8) is 0 Å². The molecule has 2 aromatic rings. The second kappa shape index (κ2) is 7.95. The molecule has 2 heterocycles. The molecule has 1 fully saturated rings. The van der Waals surface area contributed by atoms with Crippen molar-refractivity contribution in [1.82, 2.24) is 4.31 Å². The fraction of sp³-hybridized carbons (Fsp3) is 0.444. The van der Waals surface area contributed by atoms with Gasteiger partial charge in [0.25, 0.3) is 5.69 Å². The summed E-state index contributed by atoms with van der Waals surface area (Å²) in [6.45, 7) is 4.92. The summed E-state index contributed by atoms with van der Waals surface area (Å²) in [6, 6.07) is 7.85. The van der Waals surface area contributed by atoms with E-state index in [1.165, 1.54) is 16.4 Å². The van der Waals surface area contributed by atoms with Crippen LogP contribution in [0.1, 0.15) is 37.6 Å². The van der Waals surface area contributed by atoms with E-state index in [1.807, 2.05) is 24.4 Å². The molecule has 0 bridgehead atoms. The van der Waals surface area contributed by atoms with Crippen molar-refractivity contribution in [2.45, 2.75) is 37.6 Å². The molecule has 0 spiro atoms. The molecule has 27 heavy (non-hydrogen) atoms. The lowest BCUT2D eigenvalue weighted by atomic mass is 10.0. The molecular weight excluding hydrogens is 386 g/mol. The Hall–Kier alpha value is -1.97. The highest BCUT2D eigenvalue weighted by molar-refractivity contribution is 7.89. The van der Waals surface area contributed by atoms with Gasteiger partial charge in [-0.2, -0.15) is 4.31 Å². The normalized spacial score (nSPS) is 17.6. The second-order valence-electron chi connectivity index (χ2n) is 6.90. The first-order valence-electron chi connectivity index (χ1n) is 8.87. The maximum Gasteiger partial charge on any atom is 0.293 e. The Labute approximate surface area is 163 Å². The molecule has 1 aromatic carbocycles. The number of anilines is 1. The predicted molar refractivity (Wildman–Crippen MR) is 107 cm³/mol. The molecular formula is C18H23N3O4S2. The van der Waals surface area contributed by atoms with E-state index in [9.17, 15) is 18.5 Å². The Kier molecular flexibility index (Phi) is 5.83. The maximum absolute atomic E-state index is 12.9. The van der Waals surface area contributed by atoms with Crippen LogP contribution in [0, 0.1) is 16.0 Å². The van der Waals surface area contributed by atoms with Crippen LogP contribution in [-0.4, -0.2) is 30.7 Å². The predicted octanol–water partition coefficient (Wildman–Crippen LogP) is 4.25. The summed E-state index contributed by atoms with van der Waals surface area (Å²) in [6.07, 6.45) is 1.61. The zero-order valence-electron chi connectivity index (χ0n) is 15.3. The van der Waals surface area contributed by atoms with Gasteiger partial charge in [-0.05, 0) is 49.3 Å². The summed E-state index contributed by atoms with van der Waals surface area (Å²) in [5.74, 6) is 0.496. The van der Waals surface area contributed by atoms with E-state index >= 15 is 0 Å². The van der Waals surface area contributed by atoms with Gasteiger partial charge in [0, 0.05) is 24.0 Å². The van der Waals surface area contributed by atoms with Crippen LogP contribution in [0.4, 0.5) is 11.4 Å². The molecule has 3 rings (SSSR count). The molecule has 1 saturated heterocycles. The average Bonchev–Trinajstić information content (AvgIpc) is 3.17. The molecule has 9 heteroatoms. The maximum atomic E-state index is 12.9. The summed E-state index contributed by atoms with van der Waals surface area (Å²) < 4.78 is 27.2. The zero-order valence-corrected chi connectivity index (χ0v) is 16.9. The van der Waals surface area contributed by atoms with Crippen LogP contribution in [-0.2, 0) is 10.0 Å². The lowest BCUT2D eigenvalue weighted by Gasteiger charge is -2.29. The minimum absolute atomic E-state index is 0.0296. The first-order valence-corrected chi connectivity index (χ1v) is 11.2. The van der Waals surface area contributed by atoms with Crippen LogP contribution >= 0.6 is 11.3 Å². The van der Waals surface area contributed by atoms with Crippen molar-refractivity contribution < 1.29 is 13.3 Å². The van der Waals surface area contributed by atoms with Crippen LogP contribution < -0.4 is 5.32 Å². The van der Waals surface area contributed by atoms with E-state index in [4.69, 9.17) is 0 Å². The molecule has 1 aliphatic heterocycles. The smallest absolute Gasteiger partial charge is 0.293 e. The van der Waals surface area contributed by atoms with Crippen LogP contribution in [0.25, 0.3) is 0 Å². The Balaban J connectivity index is 1.88. The van der Waals surface area contributed by atoms with Gasteiger partial charge in [-0.15, -0.1) is 11.3 Å². The number of hydrogen-bond acceptors (Lipinski definition) is 6. The lowest BCUT2D eigenvalue weighted by Crippen LogP contribution is -2.37. The SMILES string of the molecule is CC1CCN(S(=O)(=O)c2ccc(N[C@H](C)c3cccs3)c([N+](=O)[O-])c2)CC1. The van der Waals surface area contributed by atoms with Gasteiger partial charge in [-0.25, -0.2) is 8.42 Å². The first kappa shape index (κ1) is 19.8. The van der Waals surface area contributed by atoms with E-state index in [-0.39, 0.29) is 16.6 Å². The summed E-state index contributed by atoms with van der Waals surface area (Å²) in [4.78, 5) is 12.0. The summed E-state index contributed by atoms with van der Waals surface area (Å²) >= 11 is 1.56. The van der Waals surface area contributed by atoms with Gasteiger partial charge in [0.05, 0.1) is 15.9 Å². The Morgan fingerprint density at radius 1 is 1.30 bits per heavy atom. The van der Waals surface area contributed by atoms with Crippen molar-refractivity contribution in [2.75, 3.05) is 18.4 Å². The van der Waals surface area contributed by atoms with E-state index in [2.05, 4.69) is 12.2 Å². The number of sulfonamides is 1. The van der Waals surface area contributed by atoms with Crippen LogP contribution in [0.5, 0.6) is 0 Å². The van der Waals surface area contributed by atoms with Gasteiger partial charge >= 0.3 is 0 Å². The van der Waals surface area contributed by atoms with Crippen molar-refractivity contribution in [2.24, 2.45) is 5.92 Å². The van der Waals surface area contributed by atoms with E-state index in [1.54, 1.807) is 11.3 Å². The van der Waals surface area contributed by atoms with Gasteiger partial charge in [0.15, 0.2) is 0 Å². The topological polar surface area (TPSA) is 92.6 Å². The zero-order chi connectivity index (χ0) is 19.6. The van der Waals surface area contributed by atoms with Gasteiger partial charge in [-0.1, -0.05) is 13.0 Å². The third-order valence-corrected chi connectivity index (χ3v) is 7.84. The number of benzene rings is 1. The Morgan fingerprint density at radius 3 is 2.59 bits per heavy atom.